The van der Waals surface area contributed by atoms with Crippen LogP contribution in [0.5, 0.6) is 0 Å². The first-order valence-electron chi connectivity index (χ1n) is 8.91. The van der Waals surface area contributed by atoms with Crippen LogP contribution in [0.4, 0.5) is 25.0 Å². The zero-order chi connectivity index (χ0) is 19.3. The molecule has 0 saturated carbocycles. The number of hydrogen-bond acceptors (Lipinski definition) is 5. The van der Waals surface area contributed by atoms with Gasteiger partial charge in [-0.25, -0.2) is 13.6 Å². The lowest BCUT2D eigenvalue weighted by molar-refractivity contribution is -0.119. The minimum absolute atomic E-state index is 0.0405. The number of ether oxygens (including phenoxy) is 1. The molecule has 3 aliphatic rings. The maximum atomic E-state index is 14.6. The molecule has 1 aromatic carbocycles. The third kappa shape index (κ3) is 3.20. The molecule has 3 aliphatic heterocycles. The molecule has 3 saturated heterocycles. The van der Waals surface area contributed by atoms with Gasteiger partial charge in [0, 0.05) is 50.7 Å². The van der Waals surface area contributed by atoms with E-state index >= 15 is 0 Å². The van der Waals surface area contributed by atoms with Crippen molar-refractivity contribution >= 4 is 23.4 Å². The largest absolute Gasteiger partial charge is 0.442 e. The smallest absolute Gasteiger partial charge is 0.414 e. The number of carbonyl (C=O) groups is 2. The second-order valence-corrected chi connectivity index (χ2v) is 7.84. The number of cyclic esters (lactones) is 1. The molecule has 2 amide bonds. The Balaban J connectivity index is 1.46. The Morgan fingerprint density at radius 1 is 1.26 bits per heavy atom. The van der Waals surface area contributed by atoms with E-state index in [2.05, 4.69) is 10.2 Å². The molecule has 9 heteroatoms. The summed E-state index contributed by atoms with van der Waals surface area (Å²) in [5.74, 6) is -1.62. The van der Waals surface area contributed by atoms with E-state index in [1.54, 1.807) is 4.90 Å². The van der Waals surface area contributed by atoms with Crippen molar-refractivity contribution in [1.82, 2.24) is 10.2 Å². The van der Waals surface area contributed by atoms with Crippen LogP contribution in [0.15, 0.2) is 12.1 Å². The van der Waals surface area contributed by atoms with E-state index in [1.165, 1.54) is 24.0 Å². The maximum absolute atomic E-state index is 14.6. The zero-order valence-electron chi connectivity index (χ0n) is 15.3. The molecule has 1 aromatic rings. The van der Waals surface area contributed by atoms with Crippen LogP contribution in [-0.4, -0.2) is 69.3 Å². The average molecular weight is 380 g/mol. The fourth-order valence-corrected chi connectivity index (χ4v) is 4.33. The van der Waals surface area contributed by atoms with Gasteiger partial charge in [0.1, 0.15) is 11.8 Å². The molecule has 3 fully saturated rings. The lowest BCUT2D eigenvalue weighted by Gasteiger charge is -2.60. The van der Waals surface area contributed by atoms with Crippen molar-refractivity contribution in [2.45, 2.75) is 13.0 Å². The van der Waals surface area contributed by atoms with Gasteiger partial charge in [-0.1, -0.05) is 0 Å². The molecule has 0 aliphatic carbocycles. The summed E-state index contributed by atoms with van der Waals surface area (Å²) in [4.78, 5) is 28.1. The van der Waals surface area contributed by atoms with Crippen LogP contribution < -0.4 is 15.1 Å². The monoisotopic (exact) mass is 380 g/mol. The van der Waals surface area contributed by atoms with Crippen LogP contribution in [0.2, 0.25) is 0 Å². The summed E-state index contributed by atoms with van der Waals surface area (Å²) in [6.45, 7) is 4.80. The molecule has 1 atom stereocenters. The van der Waals surface area contributed by atoms with Gasteiger partial charge in [0.05, 0.1) is 18.8 Å². The molecule has 0 bridgehead atoms. The predicted molar refractivity (Wildman–Crippen MR) is 94.8 cm³/mol. The molecule has 3 heterocycles. The standard InChI is InChI=1S/C18H22F2N4O3/c1-11(25)21-5-13-6-24(17(26)27-13)12-3-14(19)16(15(20)4-12)23-9-18(10-23)7-22(2)8-18/h3-4,13H,5-10H2,1-2H3,(H,21,25). The maximum Gasteiger partial charge on any atom is 0.414 e. The minimum Gasteiger partial charge on any atom is -0.442 e. The summed E-state index contributed by atoms with van der Waals surface area (Å²) in [5.41, 5.74) is 0.228. The Kier molecular flexibility index (Phi) is 4.21. The molecule has 0 aromatic heterocycles. The van der Waals surface area contributed by atoms with Crippen molar-refractivity contribution in [3.05, 3.63) is 23.8 Å². The molecule has 1 N–H and O–H groups in total. The third-order valence-corrected chi connectivity index (χ3v) is 5.35. The minimum atomic E-state index is -0.689. The van der Waals surface area contributed by atoms with E-state index in [1.807, 2.05) is 7.05 Å². The Bertz CT molecular complexity index is 766. The Morgan fingerprint density at radius 2 is 1.89 bits per heavy atom. The van der Waals surface area contributed by atoms with Gasteiger partial charge < -0.3 is 19.9 Å². The number of hydrogen-bond donors (Lipinski definition) is 1. The molecule has 0 radical (unpaired) electrons. The topological polar surface area (TPSA) is 65.1 Å². The van der Waals surface area contributed by atoms with Crippen molar-refractivity contribution in [1.29, 1.82) is 0 Å². The molecule has 7 nitrogen and oxygen atoms in total. The number of rotatable bonds is 4. The highest BCUT2D eigenvalue weighted by Crippen LogP contribution is 2.43. The highest BCUT2D eigenvalue weighted by molar-refractivity contribution is 5.90. The Morgan fingerprint density at radius 3 is 2.44 bits per heavy atom. The first-order chi connectivity index (χ1) is 12.8. The van der Waals surface area contributed by atoms with Crippen LogP contribution in [0.1, 0.15) is 6.92 Å². The number of nitrogens with zero attached hydrogens (tertiary/aromatic N) is 3. The number of carbonyl (C=O) groups excluding carboxylic acids is 2. The van der Waals surface area contributed by atoms with Crippen LogP contribution >= 0.6 is 0 Å². The average Bonchev–Trinajstić information content (AvgIpc) is 2.89. The van der Waals surface area contributed by atoms with Crippen molar-refractivity contribution in [2.24, 2.45) is 5.41 Å². The van der Waals surface area contributed by atoms with Gasteiger partial charge in [-0.2, -0.15) is 0 Å². The van der Waals surface area contributed by atoms with E-state index in [0.717, 1.165) is 13.1 Å². The highest BCUT2D eigenvalue weighted by atomic mass is 19.1. The zero-order valence-corrected chi connectivity index (χ0v) is 15.3. The number of benzene rings is 1. The van der Waals surface area contributed by atoms with Gasteiger partial charge in [0.25, 0.3) is 0 Å². The molecule has 27 heavy (non-hydrogen) atoms. The number of nitrogens with one attached hydrogen (secondary N) is 1. The second kappa shape index (κ2) is 6.33. The van der Waals surface area contributed by atoms with Gasteiger partial charge in [-0.05, 0) is 7.05 Å². The summed E-state index contributed by atoms with van der Waals surface area (Å²) < 4.78 is 34.4. The molecular formula is C18H22F2N4O3. The van der Waals surface area contributed by atoms with Crippen LogP contribution in [0, 0.1) is 17.0 Å². The summed E-state index contributed by atoms with van der Waals surface area (Å²) in [6, 6.07) is 2.33. The summed E-state index contributed by atoms with van der Waals surface area (Å²) in [5, 5.41) is 2.56. The first-order valence-corrected chi connectivity index (χ1v) is 8.91. The highest BCUT2D eigenvalue weighted by Gasteiger charge is 2.51. The fraction of sp³-hybridized carbons (Fsp3) is 0.556. The SMILES string of the molecule is CC(=O)NCC1CN(c2cc(F)c(N3CC4(CN(C)C4)C3)c(F)c2)C(=O)O1. The molecule has 146 valence electrons. The second-order valence-electron chi connectivity index (χ2n) is 7.84. The third-order valence-electron chi connectivity index (χ3n) is 5.35. The van der Waals surface area contributed by atoms with Crippen LogP contribution in [0.3, 0.4) is 0 Å². The number of anilines is 2. The van der Waals surface area contributed by atoms with E-state index in [-0.39, 0.29) is 35.8 Å². The van der Waals surface area contributed by atoms with Gasteiger partial charge >= 0.3 is 6.09 Å². The van der Waals surface area contributed by atoms with Crippen LogP contribution in [-0.2, 0) is 9.53 Å². The molecular weight excluding hydrogens is 358 g/mol. The number of amides is 2. The molecule has 4 rings (SSSR count). The molecule has 1 unspecified atom stereocenters. The van der Waals surface area contributed by atoms with Crippen molar-refractivity contribution in [3.63, 3.8) is 0 Å². The summed E-state index contributed by atoms with van der Waals surface area (Å²) in [6.07, 6.45) is -1.24. The first kappa shape index (κ1) is 18.0. The number of likely N-dealkylation sites (tertiary alicyclic amines) is 1. The van der Waals surface area contributed by atoms with Crippen molar-refractivity contribution < 1.29 is 23.1 Å². The normalized spacial score (nSPS) is 23.9. The van der Waals surface area contributed by atoms with E-state index in [9.17, 15) is 18.4 Å². The van der Waals surface area contributed by atoms with Crippen molar-refractivity contribution in [3.8, 4) is 0 Å². The van der Waals surface area contributed by atoms with Crippen LogP contribution in [0.25, 0.3) is 0 Å². The van der Waals surface area contributed by atoms with Gasteiger partial charge in [-0.15, -0.1) is 0 Å². The Labute approximate surface area is 155 Å². The van der Waals surface area contributed by atoms with Gasteiger partial charge in [0.15, 0.2) is 11.6 Å². The number of halogens is 2. The lowest BCUT2D eigenvalue weighted by Crippen LogP contribution is -2.71. The van der Waals surface area contributed by atoms with E-state index in [4.69, 9.17) is 4.74 Å². The molecule has 1 spiro atoms. The quantitative estimate of drug-likeness (QED) is 0.850. The summed E-state index contributed by atoms with van der Waals surface area (Å²) >= 11 is 0. The lowest BCUT2D eigenvalue weighted by atomic mass is 9.73. The van der Waals surface area contributed by atoms with E-state index in [0.29, 0.717) is 13.1 Å². The fourth-order valence-electron chi connectivity index (χ4n) is 4.33. The van der Waals surface area contributed by atoms with Crippen molar-refractivity contribution in [2.75, 3.05) is 56.1 Å². The summed E-state index contributed by atoms with van der Waals surface area (Å²) in [7, 11) is 2.03. The van der Waals surface area contributed by atoms with E-state index < -0.39 is 23.8 Å². The van der Waals surface area contributed by atoms with Gasteiger partial charge in [-0.3, -0.25) is 9.69 Å². The predicted octanol–water partition coefficient (Wildman–Crippen LogP) is 1.18. The Hall–Kier alpha value is -2.42. The van der Waals surface area contributed by atoms with Gasteiger partial charge in [0.2, 0.25) is 5.91 Å².